The SMILES string of the molecule is CCC(=O)N1CCc2ccccc2CC1. The summed E-state index contributed by atoms with van der Waals surface area (Å²) in [6, 6.07) is 8.51. The maximum atomic E-state index is 11.6. The zero-order valence-electron chi connectivity index (χ0n) is 9.20. The van der Waals surface area contributed by atoms with E-state index < -0.39 is 0 Å². The molecule has 0 aromatic heterocycles. The minimum absolute atomic E-state index is 0.280. The Hall–Kier alpha value is -1.31. The summed E-state index contributed by atoms with van der Waals surface area (Å²) in [7, 11) is 0. The Balaban J connectivity index is 2.12. The first-order valence-corrected chi connectivity index (χ1v) is 5.66. The molecule has 1 aromatic carbocycles. The van der Waals surface area contributed by atoms with Gasteiger partial charge in [-0.1, -0.05) is 31.2 Å². The van der Waals surface area contributed by atoms with Crippen LogP contribution in [0.3, 0.4) is 0 Å². The van der Waals surface area contributed by atoms with Crippen LogP contribution < -0.4 is 0 Å². The first-order chi connectivity index (χ1) is 7.31. The van der Waals surface area contributed by atoms with Crippen molar-refractivity contribution in [1.29, 1.82) is 0 Å². The van der Waals surface area contributed by atoms with Gasteiger partial charge in [0.2, 0.25) is 5.91 Å². The van der Waals surface area contributed by atoms with Crippen molar-refractivity contribution in [2.24, 2.45) is 0 Å². The number of carbonyl (C=O) groups excluding carboxylic acids is 1. The maximum absolute atomic E-state index is 11.6. The molecule has 2 nitrogen and oxygen atoms in total. The second-order valence-corrected chi connectivity index (χ2v) is 4.00. The van der Waals surface area contributed by atoms with Crippen molar-refractivity contribution in [3.05, 3.63) is 35.4 Å². The quantitative estimate of drug-likeness (QED) is 0.684. The molecule has 1 aliphatic rings. The Morgan fingerprint density at radius 2 is 1.73 bits per heavy atom. The second-order valence-electron chi connectivity index (χ2n) is 4.00. The number of hydrogen-bond acceptors (Lipinski definition) is 1. The smallest absolute Gasteiger partial charge is 0.222 e. The summed E-state index contributed by atoms with van der Waals surface area (Å²) < 4.78 is 0. The molecule has 1 aliphatic heterocycles. The molecule has 0 fully saturated rings. The molecule has 15 heavy (non-hydrogen) atoms. The molecule has 1 heterocycles. The van der Waals surface area contributed by atoms with Crippen LogP contribution in [-0.4, -0.2) is 23.9 Å². The molecule has 2 heteroatoms. The van der Waals surface area contributed by atoms with Crippen molar-refractivity contribution >= 4 is 5.91 Å². The van der Waals surface area contributed by atoms with E-state index >= 15 is 0 Å². The lowest BCUT2D eigenvalue weighted by molar-refractivity contribution is -0.130. The normalized spacial score (nSPS) is 15.7. The van der Waals surface area contributed by atoms with E-state index in [1.165, 1.54) is 11.1 Å². The number of fused-ring (bicyclic) bond motifs is 1. The fourth-order valence-corrected chi connectivity index (χ4v) is 2.14. The van der Waals surface area contributed by atoms with Crippen LogP contribution in [0.1, 0.15) is 24.5 Å². The largest absolute Gasteiger partial charge is 0.342 e. The summed E-state index contributed by atoms with van der Waals surface area (Å²) >= 11 is 0. The van der Waals surface area contributed by atoms with E-state index in [1.807, 2.05) is 11.8 Å². The van der Waals surface area contributed by atoms with Gasteiger partial charge < -0.3 is 4.90 Å². The van der Waals surface area contributed by atoms with Crippen LogP contribution in [0.25, 0.3) is 0 Å². The lowest BCUT2D eigenvalue weighted by Gasteiger charge is -2.19. The van der Waals surface area contributed by atoms with E-state index in [0.717, 1.165) is 25.9 Å². The summed E-state index contributed by atoms with van der Waals surface area (Å²) in [4.78, 5) is 13.6. The Kier molecular flexibility index (Phi) is 3.05. The van der Waals surface area contributed by atoms with E-state index in [4.69, 9.17) is 0 Å². The average molecular weight is 203 g/mol. The van der Waals surface area contributed by atoms with Gasteiger partial charge in [0.05, 0.1) is 0 Å². The molecular formula is C13H17NO. The van der Waals surface area contributed by atoms with Crippen LogP contribution in [0.15, 0.2) is 24.3 Å². The summed E-state index contributed by atoms with van der Waals surface area (Å²) in [6.07, 6.45) is 2.63. The van der Waals surface area contributed by atoms with E-state index in [1.54, 1.807) is 0 Å². The molecule has 0 radical (unpaired) electrons. The van der Waals surface area contributed by atoms with Gasteiger partial charge in [-0.2, -0.15) is 0 Å². The number of benzene rings is 1. The first-order valence-electron chi connectivity index (χ1n) is 5.66. The number of rotatable bonds is 1. The molecule has 0 spiro atoms. The molecule has 2 rings (SSSR count). The van der Waals surface area contributed by atoms with Crippen LogP contribution in [-0.2, 0) is 17.6 Å². The number of nitrogens with zero attached hydrogens (tertiary/aromatic N) is 1. The summed E-state index contributed by atoms with van der Waals surface area (Å²) in [5, 5.41) is 0. The first kappa shape index (κ1) is 10.2. The van der Waals surface area contributed by atoms with E-state index in [9.17, 15) is 4.79 Å². The monoisotopic (exact) mass is 203 g/mol. The summed E-state index contributed by atoms with van der Waals surface area (Å²) in [5.74, 6) is 0.280. The molecule has 0 bridgehead atoms. The third-order valence-electron chi connectivity index (χ3n) is 3.08. The van der Waals surface area contributed by atoms with Gasteiger partial charge in [0, 0.05) is 19.5 Å². The lowest BCUT2D eigenvalue weighted by atomic mass is 10.0. The average Bonchev–Trinajstić information content (AvgIpc) is 2.50. The number of hydrogen-bond donors (Lipinski definition) is 0. The van der Waals surface area contributed by atoms with Crippen molar-refractivity contribution in [2.45, 2.75) is 26.2 Å². The summed E-state index contributed by atoms with van der Waals surface area (Å²) in [6.45, 7) is 3.69. The highest BCUT2D eigenvalue weighted by atomic mass is 16.2. The van der Waals surface area contributed by atoms with Crippen LogP contribution in [0.5, 0.6) is 0 Å². The number of carbonyl (C=O) groups is 1. The van der Waals surface area contributed by atoms with Crippen molar-refractivity contribution < 1.29 is 4.79 Å². The van der Waals surface area contributed by atoms with Gasteiger partial charge in [0.1, 0.15) is 0 Å². The Labute approximate surface area is 90.9 Å². The van der Waals surface area contributed by atoms with Crippen molar-refractivity contribution in [3.63, 3.8) is 0 Å². The van der Waals surface area contributed by atoms with Gasteiger partial charge in [0.25, 0.3) is 0 Å². The molecule has 0 saturated carbocycles. The summed E-state index contributed by atoms with van der Waals surface area (Å²) in [5.41, 5.74) is 2.81. The highest BCUT2D eigenvalue weighted by Crippen LogP contribution is 2.15. The Morgan fingerprint density at radius 3 is 2.20 bits per heavy atom. The van der Waals surface area contributed by atoms with E-state index in [2.05, 4.69) is 24.3 Å². The number of amides is 1. The Morgan fingerprint density at radius 1 is 1.20 bits per heavy atom. The highest BCUT2D eigenvalue weighted by molar-refractivity contribution is 5.75. The minimum atomic E-state index is 0.280. The van der Waals surface area contributed by atoms with Crippen molar-refractivity contribution in [3.8, 4) is 0 Å². The predicted octanol–water partition coefficient (Wildman–Crippen LogP) is 2.02. The second kappa shape index (κ2) is 4.47. The van der Waals surface area contributed by atoms with Gasteiger partial charge in [0.15, 0.2) is 0 Å². The third kappa shape index (κ3) is 2.20. The molecule has 1 aromatic rings. The fourth-order valence-electron chi connectivity index (χ4n) is 2.14. The molecule has 0 atom stereocenters. The van der Waals surface area contributed by atoms with Crippen LogP contribution in [0.2, 0.25) is 0 Å². The van der Waals surface area contributed by atoms with Gasteiger partial charge >= 0.3 is 0 Å². The molecule has 0 saturated heterocycles. The molecule has 80 valence electrons. The molecule has 0 N–H and O–H groups in total. The molecule has 1 amide bonds. The van der Waals surface area contributed by atoms with Crippen LogP contribution in [0.4, 0.5) is 0 Å². The highest BCUT2D eigenvalue weighted by Gasteiger charge is 2.16. The van der Waals surface area contributed by atoms with Crippen LogP contribution >= 0.6 is 0 Å². The Bertz CT molecular complexity index is 332. The maximum Gasteiger partial charge on any atom is 0.222 e. The van der Waals surface area contributed by atoms with Gasteiger partial charge in [-0.25, -0.2) is 0 Å². The zero-order valence-corrected chi connectivity index (χ0v) is 9.20. The van der Waals surface area contributed by atoms with E-state index in [-0.39, 0.29) is 5.91 Å². The lowest BCUT2D eigenvalue weighted by Crippen LogP contribution is -2.32. The van der Waals surface area contributed by atoms with E-state index in [0.29, 0.717) is 6.42 Å². The van der Waals surface area contributed by atoms with Crippen molar-refractivity contribution in [1.82, 2.24) is 4.90 Å². The van der Waals surface area contributed by atoms with Crippen LogP contribution in [0, 0.1) is 0 Å². The fraction of sp³-hybridized carbons (Fsp3) is 0.462. The van der Waals surface area contributed by atoms with Gasteiger partial charge in [-0.15, -0.1) is 0 Å². The van der Waals surface area contributed by atoms with Crippen molar-refractivity contribution in [2.75, 3.05) is 13.1 Å². The van der Waals surface area contributed by atoms with Gasteiger partial charge in [-0.05, 0) is 24.0 Å². The molecular weight excluding hydrogens is 186 g/mol. The third-order valence-corrected chi connectivity index (χ3v) is 3.08. The minimum Gasteiger partial charge on any atom is -0.342 e. The molecule has 0 unspecified atom stereocenters. The standard InChI is InChI=1S/C13H17NO/c1-2-13(15)14-9-7-11-5-3-4-6-12(11)8-10-14/h3-6H,2,7-10H2,1H3. The van der Waals surface area contributed by atoms with Gasteiger partial charge in [-0.3, -0.25) is 4.79 Å². The zero-order chi connectivity index (χ0) is 10.7. The topological polar surface area (TPSA) is 20.3 Å². The molecule has 0 aliphatic carbocycles. The predicted molar refractivity (Wildman–Crippen MR) is 60.7 cm³/mol.